The second-order valence-electron chi connectivity index (χ2n) is 6.56. The normalized spacial score (nSPS) is 11.5. The highest BCUT2D eigenvalue weighted by Gasteiger charge is 2.15. The van der Waals surface area contributed by atoms with E-state index in [1.54, 1.807) is 4.68 Å². The SMILES string of the molecule is CCCc1[nH]n(-c2nc3ccccc3s2)c(=O)c1/C=C/NCc1ccccc1. The highest BCUT2D eigenvalue weighted by molar-refractivity contribution is 7.20. The standard InChI is InChI=1S/C22H22N4OS/c1-2-8-18-17(13-14-23-15-16-9-4-3-5-10-16)21(27)26(25-18)22-24-19-11-6-7-12-20(19)28-22/h3-7,9-14,23,25H,2,8,15H2,1H3/b14-13+. The molecule has 2 heterocycles. The third-order valence-corrected chi connectivity index (χ3v) is 5.52. The first-order valence-corrected chi connectivity index (χ1v) is 10.2. The van der Waals surface area contributed by atoms with Gasteiger partial charge in [-0.25, -0.2) is 4.98 Å². The van der Waals surface area contributed by atoms with E-state index >= 15 is 0 Å². The third-order valence-electron chi connectivity index (χ3n) is 4.50. The highest BCUT2D eigenvalue weighted by atomic mass is 32.1. The smallest absolute Gasteiger partial charge is 0.280 e. The molecule has 0 saturated carbocycles. The van der Waals surface area contributed by atoms with Crippen LogP contribution in [0.5, 0.6) is 0 Å². The molecule has 0 unspecified atom stereocenters. The van der Waals surface area contributed by atoms with Crippen molar-refractivity contribution in [1.82, 2.24) is 20.1 Å². The van der Waals surface area contributed by atoms with Crippen LogP contribution in [-0.2, 0) is 13.0 Å². The fourth-order valence-corrected chi connectivity index (χ4v) is 4.04. The Bertz CT molecular complexity index is 1120. The van der Waals surface area contributed by atoms with Gasteiger partial charge in [0.15, 0.2) is 0 Å². The van der Waals surface area contributed by atoms with E-state index in [0.29, 0.717) is 10.7 Å². The fraction of sp³-hybridized carbons (Fsp3) is 0.182. The number of H-pyrrole nitrogens is 1. The van der Waals surface area contributed by atoms with E-state index in [-0.39, 0.29) is 5.56 Å². The van der Waals surface area contributed by atoms with Crippen molar-refractivity contribution in [2.45, 2.75) is 26.3 Å². The fourth-order valence-electron chi connectivity index (χ4n) is 3.11. The lowest BCUT2D eigenvalue weighted by Crippen LogP contribution is -2.15. The topological polar surface area (TPSA) is 62.7 Å². The second-order valence-corrected chi connectivity index (χ2v) is 7.57. The van der Waals surface area contributed by atoms with Gasteiger partial charge in [0.2, 0.25) is 5.13 Å². The zero-order valence-electron chi connectivity index (χ0n) is 15.7. The molecule has 4 aromatic rings. The minimum Gasteiger partial charge on any atom is -0.387 e. The van der Waals surface area contributed by atoms with Gasteiger partial charge in [-0.3, -0.25) is 9.89 Å². The van der Waals surface area contributed by atoms with E-state index in [0.717, 1.165) is 35.3 Å². The molecule has 5 nitrogen and oxygen atoms in total. The van der Waals surface area contributed by atoms with Crippen LogP contribution in [0.4, 0.5) is 0 Å². The number of hydrogen-bond donors (Lipinski definition) is 2. The van der Waals surface area contributed by atoms with Crippen LogP contribution in [0.1, 0.15) is 30.2 Å². The summed E-state index contributed by atoms with van der Waals surface area (Å²) in [7, 11) is 0. The molecule has 0 atom stereocenters. The number of rotatable bonds is 7. The number of aromatic nitrogens is 3. The molecule has 6 heteroatoms. The van der Waals surface area contributed by atoms with Gasteiger partial charge in [0, 0.05) is 12.2 Å². The minimum absolute atomic E-state index is 0.0692. The van der Waals surface area contributed by atoms with E-state index in [1.807, 2.05) is 54.7 Å². The summed E-state index contributed by atoms with van der Waals surface area (Å²) in [4.78, 5) is 17.6. The van der Waals surface area contributed by atoms with Crippen LogP contribution in [0.2, 0.25) is 0 Å². The summed E-state index contributed by atoms with van der Waals surface area (Å²) in [5, 5.41) is 7.19. The first-order valence-electron chi connectivity index (χ1n) is 9.40. The van der Waals surface area contributed by atoms with Crippen molar-refractivity contribution < 1.29 is 0 Å². The Morgan fingerprint density at radius 3 is 2.71 bits per heavy atom. The quantitative estimate of drug-likeness (QED) is 0.489. The number of fused-ring (bicyclic) bond motifs is 1. The van der Waals surface area contributed by atoms with Crippen molar-refractivity contribution >= 4 is 27.6 Å². The second kappa shape index (κ2) is 8.27. The summed E-state index contributed by atoms with van der Waals surface area (Å²) >= 11 is 1.51. The van der Waals surface area contributed by atoms with E-state index < -0.39 is 0 Å². The minimum atomic E-state index is -0.0692. The van der Waals surface area contributed by atoms with Gasteiger partial charge in [0.25, 0.3) is 5.56 Å². The van der Waals surface area contributed by atoms with Crippen molar-refractivity contribution in [3.63, 3.8) is 0 Å². The number of aromatic amines is 1. The summed E-state index contributed by atoms with van der Waals surface area (Å²) in [5.41, 5.74) is 3.65. The van der Waals surface area contributed by atoms with Crippen molar-refractivity contribution in [2.75, 3.05) is 0 Å². The van der Waals surface area contributed by atoms with E-state index in [9.17, 15) is 4.79 Å². The molecule has 2 aromatic carbocycles. The molecule has 0 amide bonds. The largest absolute Gasteiger partial charge is 0.387 e. The van der Waals surface area contributed by atoms with Gasteiger partial charge < -0.3 is 5.32 Å². The van der Waals surface area contributed by atoms with E-state index in [2.05, 4.69) is 34.5 Å². The molecule has 4 rings (SSSR count). The molecule has 0 aliphatic rings. The molecular weight excluding hydrogens is 368 g/mol. The molecule has 0 aliphatic carbocycles. The Hall–Kier alpha value is -3.12. The van der Waals surface area contributed by atoms with Crippen LogP contribution < -0.4 is 10.9 Å². The van der Waals surface area contributed by atoms with Gasteiger partial charge in [0.05, 0.1) is 15.8 Å². The first-order chi connectivity index (χ1) is 13.8. The van der Waals surface area contributed by atoms with Crippen LogP contribution in [0, 0.1) is 0 Å². The molecule has 0 bridgehead atoms. The molecule has 2 N–H and O–H groups in total. The van der Waals surface area contributed by atoms with Crippen LogP contribution >= 0.6 is 11.3 Å². The number of hydrogen-bond acceptors (Lipinski definition) is 4. The van der Waals surface area contributed by atoms with Crippen LogP contribution in [-0.4, -0.2) is 14.8 Å². The molecule has 142 valence electrons. The Morgan fingerprint density at radius 2 is 1.93 bits per heavy atom. The van der Waals surface area contributed by atoms with Gasteiger partial charge in [0.1, 0.15) is 0 Å². The predicted molar refractivity (Wildman–Crippen MR) is 116 cm³/mol. The van der Waals surface area contributed by atoms with Gasteiger partial charge in [-0.1, -0.05) is 67.1 Å². The summed E-state index contributed by atoms with van der Waals surface area (Å²) in [6.45, 7) is 2.82. The van der Waals surface area contributed by atoms with Crippen molar-refractivity contribution in [3.8, 4) is 5.13 Å². The summed E-state index contributed by atoms with van der Waals surface area (Å²) in [6.07, 6.45) is 5.47. The summed E-state index contributed by atoms with van der Waals surface area (Å²) in [5.74, 6) is 0. The van der Waals surface area contributed by atoms with E-state index in [1.165, 1.54) is 16.9 Å². The van der Waals surface area contributed by atoms with Gasteiger partial charge in [-0.05, 0) is 36.4 Å². The average Bonchev–Trinajstić information content (AvgIpc) is 3.28. The number of nitrogens with one attached hydrogen (secondary N) is 2. The Balaban J connectivity index is 1.61. The van der Waals surface area contributed by atoms with Crippen molar-refractivity contribution in [3.05, 3.63) is 88.0 Å². The monoisotopic (exact) mass is 390 g/mol. The van der Waals surface area contributed by atoms with Crippen LogP contribution in [0.3, 0.4) is 0 Å². The molecule has 0 aliphatic heterocycles. The maximum Gasteiger partial charge on any atom is 0.280 e. The Kier molecular flexibility index (Phi) is 5.39. The third kappa shape index (κ3) is 3.77. The molecule has 28 heavy (non-hydrogen) atoms. The van der Waals surface area contributed by atoms with Crippen LogP contribution in [0.15, 0.2) is 65.6 Å². The lowest BCUT2D eigenvalue weighted by Gasteiger charge is -2.00. The number of para-hydroxylation sites is 1. The molecule has 0 spiro atoms. The Morgan fingerprint density at radius 1 is 1.14 bits per heavy atom. The highest BCUT2D eigenvalue weighted by Crippen LogP contribution is 2.24. The summed E-state index contributed by atoms with van der Waals surface area (Å²) in [6, 6.07) is 18.1. The maximum atomic E-state index is 13.0. The number of nitrogens with zero attached hydrogens (tertiary/aromatic N) is 2. The average molecular weight is 391 g/mol. The van der Waals surface area contributed by atoms with Gasteiger partial charge >= 0.3 is 0 Å². The maximum absolute atomic E-state index is 13.0. The van der Waals surface area contributed by atoms with Crippen molar-refractivity contribution in [1.29, 1.82) is 0 Å². The molecule has 0 saturated heterocycles. The predicted octanol–water partition coefficient (Wildman–Crippen LogP) is 4.49. The Labute approximate surface area is 167 Å². The zero-order valence-corrected chi connectivity index (χ0v) is 16.5. The zero-order chi connectivity index (χ0) is 19.3. The molecular formula is C22H22N4OS. The van der Waals surface area contributed by atoms with Crippen molar-refractivity contribution in [2.24, 2.45) is 0 Å². The van der Waals surface area contributed by atoms with Gasteiger partial charge in [-0.2, -0.15) is 4.68 Å². The lowest BCUT2D eigenvalue weighted by atomic mass is 10.1. The van der Waals surface area contributed by atoms with Gasteiger partial charge in [-0.15, -0.1) is 0 Å². The van der Waals surface area contributed by atoms with E-state index in [4.69, 9.17) is 0 Å². The lowest BCUT2D eigenvalue weighted by molar-refractivity contribution is 0.790. The molecule has 0 fully saturated rings. The number of benzene rings is 2. The van der Waals surface area contributed by atoms with Crippen LogP contribution in [0.25, 0.3) is 21.4 Å². The molecule has 0 radical (unpaired) electrons. The summed E-state index contributed by atoms with van der Waals surface area (Å²) < 4.78 is 2.63. The number of aryl methyl sites for hydroxylation is 1. The molecule has 2 aromatic heterocycles. The first kappa shape index (κ1) is 18.3. The number of thiazole rings is 1.